The molecule has 108 valence electrons. The maximum absolute atomic E-state index is 11.2. The van der Waals surface area contributed by atoms with E-state index in [4.69, 9.17) is 0 Å². The van der Waals surface area contributed by atoms with Gasteiger partial charge in [0.05, 0.1) is 11.7 Å². The predicted molar refractivity (Wildman–Crippen MR) is 84.4 cm³/mol. The van der Waals surface area contributed by atoms with E-state index in [0.717, 1.165) is 35.5 Å². The van der Waals surface area contributed by atoms with Crippen molar-refractivity contribution in [3.8, 4) is 0 Å². The molecule has 1 aromatic carbocycles. The quantitative estimate of drug-likeness (QED) is 0.906. The number of aryl methyl sites for hydroxylation is 2. The maximum atomic E-state index is 11.2. The van der Waals surface area contributed by atoms with Crippen LogP contribution in [0.2, 0.25) is 0 Å². The number of fused-ring (bicyclic) bond motifs is 1. The second-order valence-electron chi connectivity index (χ2n) is 5.49. The smallest absolute Gasteiger partial charge is 0.221 e. The monoisotopic (exact) mass is 281 g/mol. The number of benzene rings is 1. The molecule has 0 radical (unpaired) electrons. The number of amides is 1. The largest absolute Gasteiger partial charge is 0.376 e. The molecule has 21 heavy (non-hydrogen) atoms. The lowest BCUT2D eigenvalue weighted by atomic mass is 10.1. The van der Waals surface area contributed by atoms with Crippen LogP contribution in [0.1, 0.15) is 36.2 Å². The van der Waals surface area contributed by atoms with Crippen LogP contribution in [0, 0.1) is 6.92 Å². The molecule has 1 aliphatic carbocycles. The van der Waals surface area contributed by atoms with E-state index < -0.39 is 0 Å². The summed E-state index contributed by atoms with van der Waals surface area (Å²) in [6.45, 7) is 3.58. The van der Waals surface area contributed by atoms with E-state index in [1.807, 2.05) is 30.5 Å². The lowest BCUT2D eigenvalue weighted by Crippen LogP contribution is -2.11. The first-order valence-electron chi connectivity index (χ1n) is 7.22. The molecule has 1 unspecified atom stereocenters. The summed E-state index contributed by atoms with van der Waals surface area (Å²) in [7, 11) is 0. The van der Waals surface area contributed by atoms with Gasteiger partial charge in [0, 0.05) is 24.5 Å². The molecule has 1 amide bonds. The first-order chi connectivity index (χ1) is 10.1. The van der Waals surface area contributed by atoms with Gasteiger partial charge >= 0.3 is 0 Å². The van der Waals surface area contributed by atoms with Crippen molar-refractivity contribution in [2.75, 3.05) is 10.6 Å². The van der Waals surface area contributed by atoms with Gasteiger partial charge in [-0.25, -0.2) is 0 Å². The Hall–Kier alpha value is -2.36. The molecule has 2 aromatic rings. The minimum absolute atomic E-state index is 0.0577. The number of hydrogen-bond acceptors (Lipinski definition) is 3. The van der Waals surface area contributed by atoms with Gasteiger partial charge in [-0.15, -0.1) is 0 Å². The Morgan fingerprint density at radius 3 is 3.00 bits per heavy atom. The summed E-state index contributed by atoms with van der Waals surface area (Å²) in [5.74, 6) is -0.0577. The Bertz CT molecular complexity index is 681. The molecule has 4 heteroatoms. The summed E-state index contributed by atoms with van der Waals surface area (Å²) in [5, 5.41) is 6.39. The zero-order valence-corrected chi connectivity index (χ0v) is 12.3. The number of anilines is 2. The standard InChI is InChI=1S/C17H19N3O/c1-11-5-7-14(19-12(2)21)10-16(11)20-15-8-6-13-4-3-9-18-17(13)15/h3-5,7,9-10,15,20H,6,8H2,1-2H3,(H,19,21). The normalized spacial score (nSPS) is 16.4. The summed E-state index contributed by atoms with van der Waals surface area (Å²) >= 11 is 0. The number of rotatable bonds is 3. The van der Waals surface area contributed by atoms with Crippen molar-refractivity contribution in [2.24, 2.45) is 0 Å². The van der Waals surface area contributed by atoms with Crippen molar-refractivity contribution < 1.29 is 4.79 Å². The van der Waals surface area contributed by atoms with Crippen molar-refractivity contribution in [1.82, 2.24) is 4.98 Å². The number of nitrogens with zero attached hydrogens (tertiary/aromatic N) is 1. The molecule has 0 fully saturated rings. The van der Waals surface area contributed by atoms with Gasteiger partial charge in [-0.2, -0.15) is 0 Å². The van der Waals surface area contributed by atoms with Gasteiger partial charge < -0.3 is 10.6 Å². The number of carbonyl (C=O) groups excluding carboxylic acids is 1. The van der Waals surface area contributed by atoms with Crippen LogP contribution in [-0.4, -0.2) is 10.9 Å². The minimum atomic E-state index is -0.0577. The second kappa shape index (κ2) is 5.56. The predicted octanol–water partition coefficient (Wildman–Crippen LogP) is 3.45. The third kappa shape index (κ3) is 2.89. The number of aromatic nitrogens is 1. The molecule has 1 atom stereocenters. The van der Waals surface area contributed by atoms with E-state index in [1.165, 1.54) is 12.5 Å². The summed E-state index contributed by atoms with van der Waals surface area (Å²) < 4.78 is 0. The number of hydrogen-bond donors (Lipinski definition) is 2. The Morgan fingerprint density at radius 1 is 1.33 bits per heavy atom. The molecule has 4 nitrogen and oxygen atoms in total. The van der Waals surface area contributed by atoms with E-state index in [2.05, 4.69) is 28.6 Å². The maximum Gasteiger partial charge on any atom is 0.221 e. The van der Waals surface area contributed by atoms with Crippen LogP contribution in [0.25, 0.3) is 0 Å². The van der Waals surface area contributed by atoms with E-state index >= 15 is 0 Å². The molecular weight excluding hydrogens is 262 g/mol. The van der Waals surface area contributed by atoms with E-state index in [0.29, 0.717) is 0 Å². The van der Waals surface area contributed by atoms with Crippen LogP contribution in [0.5, 0.6) is 0 Å². The zero-order valence-electron chi connectivity index (χ0n) is 12.3. The number of carbonyl (C=O) groups is 1. The molecule has 0 saturated heterocycles. The van der Waals surface area contributed by atoms with Crippen LogP contribution in [0.15, 0.2) is 36.5 Å². The van der Waals surface area contributed by atoms with Gasteiger partial charge in [0.1, 0.15) is 0 Å². The fourth-order valence-corrected chi connectivity index (χ4v) is 2.80. The molecule has 0 bridgehead atoms. The summed E-state index contributed by atoms with van der Waals surface area (Å²) in [4.78, 5) is 15.7. The highest BCUT2D eigenvalue weighted by molar-refractivity contribution is 5.89. The summed E-state index contributed by atoms with van der Waals surface area (Å²) in [5.41, 5.74) is 5.49. The number of nitrogens with one attached hydrogen (secondary N) is 2. The molecule has 2 N–H and O–H groups in total. The molecule has 3 rings (SSSR count). The molecule has 0 aliphatic heterocycles. The minimum Gasteiger partial charge on any atom is -0.376 e. The molecular formula is C17H19N3O. The highest BCUT2D eigenvalue weighted by Crippen LogP contribution is 2.33. The fraction of sp³-hybridized carbons (Fsp3) is 0.294. The highest BCUT2D eigenvalue weighted by Gasteiger charge is 2.23. The summed E-state index contributed by atoms with van der Waals surface area (Å²) in [6.07, 6.45) is 3.96. The van der Waals surface area contributed by atoms with Gasteiger partial charge in [0.2, 0.25) is 5.91 Å². The van der Waals surface area contributed by atoms with Crippen LogP contribution >= 0.6 is 0 Å². The van der Waals surface area contributed by atoms with Crippen molar-refractivity contribution >= 4 is 17.3 Å². The van der Waals surface area contributed by atoms with Crippen LogP contribution in [0.4, 0.5) is 11.4 Å². The van der Waals surface area contributed by atoms with E-state index in [-0.39, 0.29) is 11.9 Å². The highest BCUT2D eigenvalue weighted by atomic mass is 16.1. The second-order valence-corrected chi connectivity index (χ2v) is 5.49. The van der Waals surface area contributed by atoms with Gasteiger partial charge in [-0.1, -0.05) is 12.1 Å². The van der Waals surface area contributed by atoms with Crippen molar-refractivity contribution in [2.45, 2.75) is 32.7 Å². The van der Waals surface area contributed by atoms with Crippen molar-refractivity contribution in [3.63, 3.8) is 0 Å². The lowest BCUT2D eigenvalue weighted by Gasteiger charge is -2.17. The van der Waals surface area contributed by atoms with Gasteiger partial charge in [-0.3, -0.25) is 9.78 Å². The van der Waals surface area contributed by atoms with Crippen LogP contribution in [0.3, 0.4) is 0 Å². The third-order valence-electron chi connectivity index (χ3n) is 3.85. The van der Waals surface area contributed by atoms with Gasteiger partial charge in [0.25, 0.3) is 0 Å². The third-order valence-corrected chi connectivity index (χ3v) is 3.85. The lowest BCUT2D eigenvalue weighted by molar-refractivity contribution is -0.114. The van der Waals surface area contributed by atoms with E-state index in [9.17, 15) is 4.79 Å². The fourth-order valence-electron chi connectivity index (χ4n) is 2.80. The number of pyridine rings is 1. The Balaban J connectivity index is 1.84. The Kier molecular flexibility index (Phi) is 3.60. The van der Waals surface area contributed by atoms with Gasteiger partial charge in [-0.05, 0) is 49.1 Å². The Labute approximate surface area is 124 Å². The average Bonchev–Trinajstić information content (AvgIpc) is 2.85. The SMILES string of the molecule is CC(=O)Nc1ccc(C)c(NC2CCc3cccnc32)c1. The molecule has 0 saturated carbocycles. The molecule has 1 aliphatic rings. The summed E-state index contributed by atoms with van der Waals surface area (Å²) in [6, 6.07) is 10.3. The first-order valence-corrected chi connectivity index (χ1v) is 7.22. The van der Waals surface area contributed by atoms with Crippen LogP contribution < -0.4 is 10.6 Å². The van der Waals surface area contributed by atoms with Crippen molar-refractivity contribution in [1.29, 1.82) is 0 Å². The average molecular weight is 281 g/mol. The van der Waals surface area contributed by atoms with E-state index in [1.54, 1.807) is 0 Å². The Morgan fingerprint density at radius 2 is 2.19 bits per heavy atom. The van der Waals surface area contributed by atoms with Gasteiger partial charge in [0.15, 0.2) is 0 Å². The van der Waals surface area contributed by atoms with Crippen LogP contribution in [-0.2, 0) is 11.2 Å². The topological polar surface area (TPSA) is 54.0 Å². The zero-order chi connectivity index (χ0) is 14.8. The van der Waals surface area contributed by atoms with Crippen molar-refractivity contribution in [3.05, 3.63) is 53.3 Å². The molecule has 0 spiro atoms. The first kappa shape index (κ1) is 13.6. The molecule has 1 heterocycles. The molecule has 1 aromatic heterocycles.